The van der Waals surface area contributed by atoms with Gasteiger partial charge in [0.05, 0.1) is 13.5 Å². The lowest BCUT2D eigenvalue weighted by atomic mass is 9.96. The van der Waals surface area contributed by atoms with E-state index in [-0.39, 0.29) is 23.3 Å². The lowest BCUT2D eigenvalue weighted by Gasteiger charge is -2.32. The van der Waals surface area contributed by atoms with Crippen LogP contribution in [0, 0.1) is 0 Å². The smallest absolute Gasteiger partial charge is 0.227 e. The van der Waals surface area contributed by atoms with Crippen LogP contribution in [0.5, 0.6) is 5.75 Å². The van der Waals surface area contributed by atoms with Crippen LogP contribution >= 0.6 is 0 Å². The summed E-state index contributed by atoms with van der Waals surface area (Å²) in [6, 6.07) is 7.66. The number of benzene rings is 1. The van der Waals surface area contributed by atoms with Gasteiger partial charge in [-0.3, -0.25) is 9.59 Å². The van der Waals surface area contributed by atoms with Crippen LogP contribution in [-0.2, 0) is 27.8 Å². The number of para-hydroxylation sites is 1. The molecule has 1 aliphatic heterocycles. The van der Waals surface area contributed by atoms with E-state index in [4.69, 9.17) is 9.26 Å². The second-order valence-electron chi connectivity index (χ2n) is 8.97. The zero-order valence-electron chi connectivity index (χ0n) is 18.8. The number of piperidine rings is 1. The average molecular weight is 429 g/mol. The minimum absolute atomic E-state index is 0.0330. The van der Waals surface area contributed by atoms with Gasteiger partial charge in [-0.1, -0.05) is 44.1 Å². The van der Waals surface area contributed by atoms with Gasteiger partial charge in [-0.15, -0.1) is 0 Å². The summed E-state index contributed by atoms with van der Waals surface area (Å²) < 4.78 is 10.6. The Morgan fingerprint density at radius 3 is 2.58 bits per heavy atom. The Balaban J connectivity index is 1.41. The van der Waals surface area contributed by atoms with Gasteiger partial charge < -0.3 is 19.5 Å². The molecule has 3 rings (SSSR count). The van der Waals surface area contributed by atoms with Crippen LogP contribution in [0.1, 0.15) is 57.3 Å². The van der Waals surface area contributed by atoms with Gasteiger partial charge in [-0.2, -0.15) is 4.98 Å². The molecule has 0 bridgehead atoms. The Morgan fingerprint density at radius 2 is 1.94 bits per heavy atom. The molecule has 31 heavy (non-hydrogen) atoms. The third kappa shape index (κ3) is 6.29. The standard InChI is InChI=1S/C23H32N4O4/c1-23(2,3)22-25-20(31-26-22)10-9-19(28)24-17-11-13-27(14-12-17)21(29)15-16-7-5-6-8-18(16)30-4/h5-8,17H,9-15H2,1-4H3,(H,24,28). The Labute approximate surface area is 183 Å². The third-order valence-electron chi connectivity index (χ3n) is 5.45. The fourth-order valence-corrected chi connectivity index (χ4v) is 3.58. The fourth-order valence-electron chi connectivity index (χ4n) is 3.58. The van der Waals surface area contributed by atoms with Crippen molar-refractivity contribution in [1.29, 1.82) is 0 Å². The van der Waals surface area contributed by atoms with E-state index in [9.17, 15) is 9.59 Å². The summed E-state index contributed by atoms with van der Waals surface area (Å²) in [5.74, 6) is 1.91. The lowest BCUT2D eigenvalue weighted by molar-refractivity contribution is -0.131. The molecule has 1 fully saturated rings. The number of nitrogens with one attached hydrogen (secondary N) is 1. The number of hydrogen-bond donors (Lipinski definition) is 1. The van der Waals surface area contributed by atoms with Gasteiger partial charge in [-0.25, -0.2) is 0 Å². The first-order chi connectivity index (χ1) is 14.8. The number of rotatable bonds is 7. The third-order valence-corrected chi connectivity index (χ3v) is 5.45. The second-order valence-corrected chi connectivity index (χ2v) is 8.97. The van der Waals surface area contributed by atoms with Crippen molar-refractivity contribution < 1.29 is 18.8 Å². The first kappa shape index (κ1) is 22.8. The van der Waals surface area contributed by atoms with Crippen molar-refractivity contribution in [3.05, 3.63) is 41.5 Å². The Bertz CT molecular complexity index is 895. The molecule has 2 aromatic rings. The number of ether oxygens (including phenoxy) is 1. The predicted molar refractivity (Wildman–Crippen MR) is 116 cm³/mol. The first-order valence-corrected chi connectivity index (χ1v) is 10.8. The lowest BCUT2D eigenvalue weighted by Crippen LogP contribution is -2.47. The molecule has 1 aromatic carbocycles. The predicted octanol–water partition coefficient (Wildman–Crippen LogP) is 2.66. The fraction of sp³-hybridized carbons (Fsp3) is 0.565. The van der Waals surface area contributed by atoms with Crippen molar-refractivity contribution in [2.24, 2.45) is 0 Å². The van der Waals surface area contributed by atoms with Crippen LogP contribution in [0.15, 0.2) is 28.8 Å². The summed E-state index contributed by atoms with van der Waals surface area (Å²) in [7, 11) is 1.61. The first-order valence-electron chi connectivity index (χ1n) is 10.8. The summed E-state index contributed by atoms with van der Waals surface area (Å²) in [6.45, 7) is 7.32. The summed E-state index contributed by atoms with van der Waals surface area (Å²) in [5.41, 5.74) is 0.710. The van der Waals surface area contributed by atoms with Crippen molar-refractivity contribution in [3.63, 3.8) is 0 Å². The molecule has 8 nitrogen and oxygen atoms in total. The monoisotopic (exact) mass is 428 g/mol. The SMILES string of the molecule is COc1ccccc1CC(=O)N1CCC(NC(=O)CCc2nc(C(C)(C)C)no2)CC1. The molecule has 0 atom stereocenters. The zero-order valence-corrected chi connectivity index (χ0v) is 18.8. The molecule has 168 valence electrons. The molecule has 1 N–H and O–H groups in total. The highest BCUT2D eigenvalue weighted by molar-refractivity contribution is 5.80. The van der Waals surface area contributed by atoms with Crippen molar-refractivity contribution >= 4 is 11.8 Å². The van der Waals surface area contributed by atoms with Gasteiger partial charge in [-0.05, 0) is 18.9 Å². The molecule has 1 saturated heterocycles. The maximum Gasteiger partial charge on any atom is 0.227 e. The van der Waals surface area contributed by atoms with E-state index >= 15 is 0 Å². The van der Waals surface area contributed by atoms with E-state index in [2.05, 4.69) is 15.5 Å². The molecular formula is C23H32N4O4. The number of hydrogen-bond acceptors (Lipinski definition) is 6. The Kier molecular flexibility index (Phi) is 7.30. The molecule has 1 aromatic heterocycles. The largest absolute Gasteiger partial charge is 0.496 e. The minimum atomic E-state index is -0.180. The van der Waals surface area contributed by atoms with Gasteiger partial charge >= 0.3 is 0 Å². The number of likely N-dealkylation sites (tertiary alicyclic amines) is 1. The second kappa shape index (κ2) is 9.94. The van der Waals surface area contributed by atoms with Crippen LogP contribution in [0.25, 0.3) is 0 Å². The summed E-state index contributed by atoms with van der Waals surface area (Å²) in [5, 5.41) is 7.05. The molecular weight excluding hydrogens is 396 g/mol. The number of aromatic nitrogens is 2. The van der Waals surface area contributed by atoms with Crippen LogP contribution in [-0.4, -0.2) is 53.1 Å². The van der Waals surface area contributed by atoms with Crippen molar-refractivity contribution in [2.45, 2.75) is 64.3 Å². The molecule has 2 amide bonds. The van der Waals surface area contributed by atoms with Gasteiger partial charge in [0.2, 0.25) is 17.7 Å². The molecule has 0 unspecified atom stereocenters. The Hall–Kier alpha value is -2.90. The summed E-state index contributed by atoms with van der Waals surface area (Å²) >= 11 is 0. The summed E-state index contributed by atoms with van der Waals surface area (Å²) in [6.07, 6.45) is 2.54. The van der Waals surface area contributed by atoms with E-state index in [1.165, 1.54) is 0 Å². The number of amides is 2. The topological polar surface area (TPSA) is 97.6 Å². The molecule has 0 spiro atoms. The number of methoxy groups -OCH3 is 1. The maximum absolute atomic E-state index is 12.7. The van der Waals surface area contributed by atoms with Gasteiger partial charge in [0, 0.05) is 43.0 Å². The van der Waals surface area contributed by atoms with Crippen LogP contribution < -0.4 is 10.1 Å². The summed E-state index contributed by atoms with van der Waals surface area (Å²) in [4.78, 5) is 31.2. The van der Waals surface area contributed by atoms with Crippen LogP contribution in [0.2, 0.25) is 0 Å². The number of nitrogens with zero attached hydrogens (tertiary/aromatic N) is 3. The van der Waals surface area contributed by atoms with E-state index < -0.39 is 0 Å². The molecule has 8 heteroatoms. The van der Waals surface area contributed by atoms with Crippen molar-refractivity contribution in [3.8, 4) is 5.75 Å². The van der Waals surface area contributed by atoms with Crippen molar-refractivity contribution in [2.75, 3.05) is 20.2 Å². The molecule has 0 radical (unpaired) electrons. The Morgan fingerprint density at radius 1 is 1.23 bits per heavy atom. The van der Waals surface area contributed by atoms with Gasteiger partial charge in [0.15, 0.2) is 5.82 Å². The van der Waals surface area contributed by atoms with E-state index in [1.807, 2.05) is 49.9 Å². The molecule has 1 aliphatic rings. The average Bonchev–Trinajstić information content (AvgIpc) is 3.23. The van der Waals surface area contributed by atoms with E-state index in [0.29, 0.717) is 44.1 Å². The van der Waals surface area contributed by atoms with E-state index in [0.717, 1.165) is 24.2 Å². The number of aryl methyl sites for hydroxylation is 1. The quantitative estimate of drug-likeness (QED) is 0.728. The zero-order chi connectivity index (χ0) is 22.4. The number of carbonyl (C=O) groups excluding carboxylic acids is 2. The molecule has 2 heterocycles. The van der Waals surface area contributed by atoms with Gasteiger partial charge in [0.1, 0.15) is 5.75 Å². The number of carbonyl (C=O) groups is 2. The highest BCUT2D eigenvalue weighted by Gasteiger charge is 2.25. The highest BCUT2D eigenvalue weighted by Crippen LogP contribution is 2.20. The van der Waals surface area contributed by atoms with Crippen LogP contribution in [0.3, 0.4) is 0 Å². The van der Waals surface area contributed by atoms with Gasteiger partial charge in [0.25, 0.3) is 0 Å². The maximum atomic E-state index is 12.7. The molecule has 0 aliphatic carbocycles. The molecule has 0 saturated carbocycles. The minimum Gasteiger partial charge on any atom is -0.496 e. The highest BCUT2D eigenvalue weighted by atomic mass is 16.5. The van der Waals surface area contributed by atoms with Crippen molar-refractivity contribution in [1.82, 2.24) is 20.4 Å². The van der Waals surface area contributed by atoms with E-state index in [1.54, 1.807) is 7.11 Å². The normalized spacial score (nSPS) is 15.0. The van der Waals surface area contributed by atoms with Crippen LogP contribution in [0.4, 0.5) is 0 Å².